The molecule has 1 aliphatic rings. The van der Waals surface area contributed by atoms with Gasteiger partial charge < -0.3 is 19.6 Å². The lowest BCUT2D eigenvalue weighted by Gasteiger charge is -2.30. The van der Waals surface area contributed by atoms with Gasteiger partial charge in [0.1, 0.15) is 12.4 Å². The van der Waals surface area contributed by atoms with Crippen molar-refractivity contribution in [3.63, 3.8) is 0 Å². The predicted molar refractivity (Wildman–Crippen MR) is 94.9 cm³/mol. The number of rotatable bonds is 6. The molecule has 0 spiro atoms. The molecule has 1 aliphatic heterocycles. The number of hydrogen-bond acceptors (Lipinski definition) is 6. The smallest absolute Gasteiger partial charge is 0.366 e. The van der Waals surface area contributed by atoms with Crippen LogP contribution in [0.2, 0.25) is 5.02 Å². The Bertz CT molecular complexity index is 828. The Morgan fingerprint density at radius 2 is 2.04 bits per heavy atom. The van der Waals surface area contributed by atoms with Gasteiger partial charge in [0.05, 0.1) is 6.54 Å². The molecule has 0 fully saturated rings. The Morgan fingerprint density at radius 1 is 1.31 bits per heavy atom. The van der Waals surface area contributed by atoms with E-state index in [-0.39, 0.29) is 30.7 Å². The third-order valence-corrected chi connectivity index (χ3v) is 4.10. The molecular formula is C17H16ClN3O5. The van der Waals surface area contributed by atoms with Crippen molar-refractivity contribution < 1.29 is 19.2 Å². The normalized spacial score (nSPS) is 16.0. The highest BCUT2D eigenvalue weighted by Crippen LogP contribution is 2.34. The van der Waals surface area contributed by atoms with Crippen LogP contribution in [-0.2, 0) is 4.79 Å². The van der Waals surface area contributed by atoms with Gasteiger partial charge in [-0.25, -0.2) is 0 Å². The van der Waals surface area contributed by atoms with Crippen LogP contribution in [0, 0.1) is 10.1 Å². The van der Waals surface area contributed by atoms with Crippen molar-refractivity contribution in [2.75, 3.05) is 18.1 Å². The van der Waals surface area contributed by atoms with Crippen LogP contribution in [0.5, 0.6) is 11.5 Å². The Labute approximate surface area is 154 Å². The van der Waals surface area contributed by atoms with Gasteiger partial charge in [0.25, 0.3) is 11.7 Å². The molecule has 1 aromatic heterocycles. The van der Waals surface area contributed by atoms with E-state index in [4.69, 9.17) is 21.1 Å². The second-order valence-corrected chi connectivity index (χ2v) is 5.99. The minimum atomic E-state index is -0.652. The van der Waals surface area contributed by atoms with Gasteiger partial charge in [0, 0.05) is 11.1 Å². The molecule has 1 amide bonds. The molecule has 0 aliphatic carbocycles. The van der Waals surface area contributed by atoms with Gasteiger partial charge in [-0.3, -0.25) is 9.69 Å². The molecule has 0 bridgehead atoms. The van der Waals surface area contributed by atoms with Gasteiger partial charge in [-0.1, -0.05) is 18.5 Å². The third kappa shape index (κ3) is 3.70. The van der Waals surface area contributed by atoms with Crippen LogP contribution < -0.4 is 14.4 Å². The van der Waals surface area contributed by atoms with E-state index in [0.29, 0.717) is 22.9 Å². The molecule has 1 unspecified atom stereocenters. The molecule has 2 heterocycles. The number of amides is 1. The summed E-state index contributed by atoms with van der Waals surface area (Å²) in [7, 11) is 0. The molecule has 8 nitrogen and oxygen atoms in total. The Balaban J connectivity index is 1.79. The second-order valence-electron chi connectivity index (χ2n) is 5.56. The summed E-state index contributed by atoms with van der Waals surface area (Å²) in [4.78, 5) is 28.3. The zero-order valence-electron chi connectivity index (χ0n) is 13.9. The number of carbonyl (C=O) groups excluding carboxylic acids is 1. The average molecular weight is 378 g/mol. The van der Waals surface area contributed by atoms with E-state index in [1.54, 1.807) is 24.3 Å². The van der Waals surface area contributed by atoms with Crippen LogP contribution >= 0.6 is 11.6 Å². The number of pyridine rings is 1. The molecule has 2 aromatic rings. The van der Waals surface area contributed by atoms with Crippen molar-refractivity contribution >= 4 is 29.1 Å². The van der Waals surface area contributed by atoms with E-state index >= 15 is 0 Å². The minimum Gasteiger partial charge on any atom is -0.492 e. The van der Waals surface area contributed by atoms with Gasteiger partial charge in [-0.2, -0.15) is 0 Å². The number of carbonyl (C=O) groups is 1. The summed E-state index contributed by atoms with van der Waals surface area (Å²) in [6.45, 7) is 2.20. The first kappa shape index (κ1) is 17.9. The van der Waals surface area contributed by atoms with Crippen molar-refractivity contribution in [1.82, 2.24) is 4.98 Å². The van der Waals surface area contributed by atoms with E-state index in [0.717, 1.165) is 0 Å². The maximum Gasteiger partial charge on any atom is 0.366 e. The quantitative estimate of drug-likeness (QED) is 0.566. The first-order chi connectivity index (χ1) is 12.5. The van der Waals surface area contributed by atoms with Crippen LogP contribution in [-0.4, -0.2) is 35.1 Å². The molecule has 136 valence electrons. The number of nitro groups is 1. The zero-order chi connectivity index (χ0) is 18.7. The van der Waals surface area contributed by atoms with Crippen molar-refractivity contribution in [2.45, 2.75) is 19.4 Å². The first-order valence-electron chi connectivity index (χ1n) is 8.01. The monoisotopic (exact) mass is 377 g/mol. The Kier molecular flexibility index (Phi) is 5.22. The topological polar surface area (TPSA) is 94.8 Å². The number of halogens is 1. The van der Waals surface area contributed by atoms with Crippen molar-refractivity contribution in [3.8, 4) is 11.5 Å². The van der Waals surface area contributed by atoms with Gasteiger partial charge in [0.2, 0.25) is 0 Å². The Morgan fingerprint density at radius 3 is 2.69 bits per heavy atom. The van der Waals surface area contributed by atoms with Gasteiger partial charge in [0.15, 0.2) is 11.9 Å². The molecule has 0 radical (unpaired) electrons. The van der Waals surface area contributed by atoms with Gasteiger partial charge >= 0.3 is 5.82 Å². The van der Waals surface area contributed by atoms with Crippen molar-refractivity contribution in [1.29, 1.82) is 0 Å². The average Bonchev–Trinajstić information content (AvgIpc) is 2.64. The Hall–Kier alpha value is -2.87. The van der Waals surface area contributed by atoms with E-state index in [1.165, 1.54) is 17.0 Å². The summed E-state index contributed by atoms with van der Waals surface area (Å²) in [5.74, 6) is 0.433. The third-order valence-electron chi connectivity index (χ3n) is 3.85. The number of nitrogens with zero attached hydrogens (tertiary/aromatic N) is 3. The summed E-state index contributed by atoms with van der Waals surface area (Å²) < 4.78 is 11.2. The SMILES string of the molecule is CCC1Oc2ccc([N+](=O)[O-])nc2N(CCOc2ccc(Cl)cc2)C1=O. The standard InChI is InChI=1S/C17H16ClN3O5/c1-2-13-17(22)20(9-10-25-12-5-3-11(18)4-6-12)16-14(26-13)7-8-15(19-16)21(23)24/h3-8,13H,2,9-10H2,1H3. The highest BCUT2D eigenvalue weighted by atomic mass is 35.5. The molecule has 26 heavy (non-hydrogen) atoms. The minimum absolute atomic E-state index is 0.133. The lowest BCUT2D eigenvalue weighted by Crippen LogP contribution is -2.47. The molecule has 0 saturated heterocycles. The predicted octanol–water partition coefficient (Wildman–Crippen LogP) is 3.23. The largest absolute Gasteiger partial charge is 0.492 e. The van der Waals surface area contributed by atoms with Crippen molar-refractivity contribution in [3.05, 3.63) is 51.5 Å². The maximum atomic E-state index is 12.6. The van der Waals surface area contributed by atoms with Crippen molar-refractivity contribution in [2.24, 2.45) is 0 Å². The van der Waals surface area contributed by atoms with Crippen LogP contribution in [0.4, 0.5) is 11.6 Å². The molecule has 3 rings (SSSR count). The van der Waals surface area contributed by atoms with Gasteiger partial charge in [-0.05, 0) is 46.7 Å². The molecule has 0 saturated carbocycles. The van der Waals surface area contributed by atoms with Crippen LogP contribution in [0.25, 0.3) is 0 Å². The molecule has 9 heteroatoms. The van der Waals surface area contributed by atoms with Crippen LogP contribution in [0.3, 0.4) is 0 Å². The number of aromatic nitrogens is 1. The van der Waals surface area contributed by atoms with Crippen LogP contribution in [0.1, 0.15) is 13.3 Å². The number of anilines is 1. The number of hydrogen-bond donors (Lipinski definition) is 0. The summed E-state index contributed by atoms with van der Waals surface area (Å²) in [6.07, 6.45) is -0.176. The highest BCUT2D eigenvalue weighted by Gasteiger charge is 2.37. The summed E-state index contributed by atoms with van der Waals surface area (Å²) in [5.41, 5.74) is 0. The van der Waals surface area contributed by atoms with E-state index in [1.807, 2.05) is 6.92 Å². The molecular weight excluding hydrogens is 362 g/mol. The fraction of sp³-hybridized carbons (Fsp3) is 0.294. The summed E-state index contributed by atoms with van der Waals surface area (Å²) >= 11 is 5.83. The second kappa shape index (κ2) is 7.57. The number of benzene rings is 1. The van der Waals surface area contributed by atoms with E-state index in [2.05, 4.69) is 4.98 Å². The highest BCUT2D eigenvalue weighted by molar-refractivity contribution is 6.30. The number of fused-ring (bicyclic) bond motifs is 1. The first-order valence-corrected chi connectivity index (χ1v) is 8.39. The lowest BCUT2D eigenvalue weighted by atomic mass is 10.2. The fourth-order valence-electron chi connectivity index (χ4n) is 2.55. The number of ether oxygens (including phenoxy) is 2. The summed E-state index contributed by atoms with van der Waals surface area (Å²) in [5, 5.41) is 11.6. The van der Waals surface area contributed by atoms with Crippen LogP contribution in [0.15, 0.2) is 36.4 Å². The van der Waals surface area contributed by atoms with E-state index < -0.39 is 11.0 Å². The fourth-order valence-corrected chi connectivity index (χ4v) is 2.68. The van der Waals surface area contributed by atoms with Gasteiger partial charge in [-0.15, -0.1) is 0 Å². The van der Waals surface area contributed by atoms with E-state index in [9.17, 15) is 14.9 Å². The lowest BCUT2D eigenvalue weighted by molar-refractivity contribution is -0.389. The molecule has 0 N–H and O–H groups in total. The molecule has 1 atom stereocenters. The molecule has 1 aromatic carbocycles. The maximum absolute atomic E-state index is 12.6. The zero-order valence-corrected chi connectivity index (χ0v) is 14.7. The summed E-state index contributed by atoms with van der Waals surface area (Å²) in [6, 6.07) is 9.55.